The molecule has 0 aliphatic carbocycles. The molecule has 25 heavy (non-hydrogen) atoms. The van der Waals surface area contributed by atoms with Gasteiger partial charge in [0.2, 0.25) is 12.6 Å². The van der Waals surface area contributed by atoms with Crippen LogP contribution < -0.4 is 0 Å². The number of aliphatic hydroxyl groups is 7. The first-order chi connectivity index (χ1) is 11.6. The van der Waals surface area contributed by atoms with Crippen molar-refractivity contribution in [3.8, 4) is 0 Å². The summed E-state index contributed by atoms with van der Waals surface area (Å²) < 4.78 is 15.7. The molecule has 1 saturated heterocycles. The van der Waals surface area contributed by atoms with E-state index in [0.717, 1.165) is 0 Å². The number of rotatable bonds is 9. The van der Waals surface area contributed by atoms with Crippen LogP contribution in [0, 0.1) is 11.8 Å². The molecule has 0 amide bonds. The Balaban J connectivity index is 2.88. The summed E-state index contributed by atoms with van der Waals surface area (Å²) in [7, 11) is 0. The Morgan fingerprint density at radius 2 is 1.60 bits per heavy atom. The smallest absolute Gasteiger partial charge is 0.209 e. The van der Waals surface area contributed by atoms with E-state index in [1.165, 1.54) is 0 Å². The molecule has 8 atom stereocenters. The number of aliphatic hydroxyl groups excluding tert-OH is 6. The van der Waals surface area contributed by atoms with E-state index in [2.05, 4.69) is 0 Å². The minimum absolute atomic E-state index is 0.124. The quantitative estimate of drug-likeness (QED) is 0.209. The molecule has 0 aromatic rings. The van der Waals surface area contributed by atoms with Crippen molar-refractivity contribution in [1.82, 2.24) is 0 Å². The first kappa shape index (κ1) is 22.6. The van der Waals surface area contributed by atoms with Crippen molar-refractivity contribution in [1.29, 1.82) is 0 Å². The molecule has 1 heterocycles. The second kappa shape index (κ2) is 10.1. The highest BCUT2D eigenvalue weighted by atomic mass is 16.7. The van der Waals surface area contributed by atoms with E-state index in [9.17, 15) is 35.7 Å². The Morgan fingerprint density at radius 3 is 2.04 bits per heavy atom. The van der Waals surface area contributed by atoms with E-state index >= 15 is 0 Å². The maximum Gasteiger partial charge on any atom is 0.209 e. The molecular weight excluding hydrogens is 340 g/mol. The molecule has 10 nitrogen and oxygen atoms in total. The van der Waals surface area contributed by atoms with E-state index in [1.54, 1.807) is 0 Å². The number of ether oxygens (including phenoxy) is 3. The predicted octanol–water partition coefficient (Wildman–Crippen LogP) is -2.89. The molecule has 0 bridgehead atoms. The SMILES string of the molecule is CC(C)[C@@H](C)C(CO)OC(OC1C(O)C(O)[C@H](O)O[C@H]1CO)C(O)O. The molecular formula is C15H30O10. The maximum atomic E-state index is 10.0. The first-order valence-electron chi connectivity index (χ1n) is 8.22. The van der Waals surface area contributed by atoms with Gasteiger partial charge in [0.05, 0.1) is 19.3 Å². The third kappa shape index (κ3) is 5.79. The Labute approximate surface area is 146 Å². The molecule has 10 heteroatoms. The highest BCUT2D eigenvalue weighted by Gasteiger charge is 2.46. The molecule has 0 aromatic heterocycles. The Bertz CT molecular complexity index is 377. The van der Waals surface area contributed by atoms with Gasteiger partial charge in [-0.25, -0.2) is 0 Å². The lowest BCUT2D eigenvalue weighted by Gasteiger charge is -2.42. The lowest BCUT2D eigenvalue weighted by molar-refractivity contribution is -0.348. The van der Waals surface area contributed by atoms with Crippen LogP contribution in [0.2, 0.25) is 0 Å². The second-order valence-electron chi connectivity index (χ2n) is 6.57. The number of hydrogen-bond donors (Lipinski definition) is 7. The summed E-state index contributed by atoms with van der Waals surface area (Å²) in [5.41, 5.74) is 0. The van der Waals surface area contributed by atoms with Crippen molar-refractivity contribution >= 4 is 0 Å². The largest absolute Gasteiger partial charge is 0.394 e. The molecule has 150 valence electrons. The van der Waals surface area contributed by atoms with Gasteiger partial charge in [0, 0.05) is 0 Å². The van der Waals surface area contributed by atoms with E-state index in [-0.39, 0.29) is 11.8 Å². The summed E-state index contributed by atoms with van der Waals surface area (Å²) >= 11 is 0. The predicted molar refractivity (Wildman–Crippen MR) is 82.8 cm³/mol. The van der Waals surface area contributed by atoms with Crippen molar-refractivity contribution in [3.63, 3.8) is 0 Å². The van der Waals surface area contributed by atoms with Crippen LogP contribution in [-0.2, 0) is 14.2 Å². The first-order valence-corrected chi connectivity index (χ1v) is 8.22. The fourth-order valence-corrected chi connectivity index (χ4v) is 2.50. The minimum atomic E-state index is -2.12. The zero-order valence-corrected chi connectivity index (χ0v) is 14.5. The van der Waals surface area contributed by atoms with E-state index in [1.807, 2.05) is 20.8 Å². The van der Waals surface area contributed by atoms with Crippen LogP contribution in [0.5, 0.6) is 0 Å². The van der Waals surface area contributed by atoms with Crippen LogP contribution >= 0.6 is 0 Å². The van der Waals surface area contributed by atoms with Gasteiger partial charge in [0.25, 0.3) is 0 Å². The fourth-order valence-electron chi connectivity index (χ4n) is 2.50. The maximum absolute atomic E-state index is 10.0. The minimum Gasteiger partial charge on any atom is -0.394 e. The summed E-state index contributed by atoms with van der Waals surface area (Å²) in [6.45, 7) is 4.55. The molecule has 0 aromatic carbocycles. The van der Waals surface area contributed by atoms with Crippen LogP contribution in [-0.4, -0.2) is 98.3 Å². The standard InChI is InChI=1S/C15H30O10/c1-6(2)7(3)8(4-16)24-15(13(20)21)25-12-9(5-17)23-14(22)11(19)10(12)18/h6-22H,4-5H2,1-3H3/t7-,8?,9+,10?,11?,12?,14-,15?/m1/s1. The lowest BCUT2D eigenvalue weighted by atomic mass is 9.92. The third-order valence-electron chi connectivity index (χ3n) is 4.50. The normalized spacial score (nSPS) is 34.3. The van der Waals surface area contributed by atoms with Gasteiger partial charge in [-0.05, 0) is 11.8 Å². The van der Waals surface area contributed by atoms with Gasteiger partial charge in [-0.1, -0.05) is 20.8 Å². The van der Waals surface area contributed by atoms with Gasteiger partial charge in [-0.15, -0.1) is 0 Å². The Hall–Kier alpha value is -0.400. The number of hydrogen-bond acceptors (Lipinski definition) is 10. The van der Waals surface area contributed by atoms with Gasteiger partial charge in [0.1, 0.15) is 24.4 Å². The van der Waals surface area contributed by atoms with Crippen LogP contribution in [0.4, 0.5) is 0 Å². The van der Waals surface area contributed by atoms with Crippen molar-refractivity contribution in [3.05, 3.63) is 0 Å². The van der Waals surface area contributed by atoms with Crippen LogP contribution in [0.15, 0.2) is 0 Å². The van der Waals surface area contributed by atoms with Gasteiger partial charge >= 0.3 is 0 Å². The molecule has 1 fully saturated rings. The second-order valence-corrected chi connectivity index (χ2v) is 6.57. The van der Waals surface area contributed by atoms with Gasteiger partial charge in [-0.2, -0.15) is 0 Å². The van der Waals surface area contributed by atoms with Crippen LogP contribution in [0.1, 0.15) is 20.8 Å². The van der Waals surface area contributed by atoms with E-state index < -0.39 is 62.6 Å². The molecule has 0 spiro atoms. The van der Waals surface area contributed by atoms with Gasteiger partial charge in [0.15, 0.2) is 6.29 Å². The molecule has 1 aliphatic rings. The summed E-state index contributed by atoms with van der Waals surface area (Å²) in [4.78, 5) is 0. The Kier molecular flexibility index (Phi) is 9.12. The average molecular weight is 370 g/mol. The summed E-state index contributed by atoms with van der Waals surface area (Å²) in [5, 5.41) is 67.0. The highest BCUT2D eigenvalue weighted by Crippen LogP contribution is 2.26. The third-order valence-corrected chi connectivity index (χ3v) is 4.50. The summed E-state index contributed by atoms with van der Waals surface area (Å²) in [5.74, 6) is -0.0252. The molecule has 1 aliphatic heterocycles. The average Bonchev–Trinajstić information content (AvgIpc) is 2.56. The summed E-state index contributed by atoms with van der Waals surface area (Å²) in [6.07, 6.45) is -12.3. The van der Waals surface area contributed by atoms with E-state index in [4.69, 9.17) is 14.2 Å². The summed E-state index contributed by atoms with van der Waals surface area (Å²) in [6, 6.07) is 0. The van der Waals surface area contributed by atoms with Crippen molar-refractivity contribution < 1.29 is 50.0 Å². The highest BCUT2D eigenvalue weighted by molar-refractivity contribution is 4.90. The van der Waals surface area contributed by atoms with Crippen LogP contribution in [0.3, 0.4) is 0 Å². The van der Waals surface area contributed by atoms with Crippen molar-refractivity contribution in [2.75, 3.05) is 13.2 Å². The van der Waals surface area contributed by atoms with Gasteiger partial charge in [-0.3, -0.25) is 0 Å². The molecule has 0 saturated carbocycles. The topological polar surface area (TPSA) is 169 Å². The fraction of sp³-hybridized carbons (Fsp3) is 1.00. The van der Waals surface area contributed by atoms with Crippen LogP contribution in [0.25, 0.3) is 0 Å². The molecule has 0 radical (unpaired) electrons. The van der Waals surface area contributed by atoms with Gasteiger partial charge < -0.3 is 50.0 Å². The molecule has 1 rings (SSSR count). The van der Waals surface area contributed by atoms with Crippen molar-refractivity contribution in [2.45, 2.75) is 70.2 Å². The molecule has 7 N–H and O–H groups in total. The molecule has 5 unspecified atom stereocenters. The monoisotopic (exact) mass is 370 g/mol. The zero-order valence-electron chi connectivity index (χ0n) is 14.5. The zero-order chi connectivity index (χ0) is 19.3. The van der Waals surface area contributed by atoms with Crippen molar-refractivity contribution in [2.24, 2.45) is 11.8 Å². The van der Waals surface area contributed by atoms with E-state index in [0.29, 0.717) is 0 Å². The lowest BCUT2D eigenvalue weighted by Crippen LogP contribution is -2.61. The Morgan fingerprint density at radius 1 is 1.00 bits per heavy atom.